The minimum Gasteiger partial charge on any atom is -0.303 e. The van der Waals surface area contributed by atoms with E-state index in [1.165, 1.54) is 28.7 Å². The number of carbonyl (C=O) groups excluding carboxylic acids is 1. The number of fused-ring (bicyclic) bond motifs is 2. The molecule has 0 bridgehead atoms. The molecule has 0 saturated carbocycles. The second-order valence-electron chi connectivity index (χ2n) is 11.0. The van der Waals surface area contributed by atoms with Gasteiger partial charge in [0.15, 0.2) is 0 Å². The number of piperidine rings is 1. The van der Waals surface area contributed by atoms with Crippen LogP contribution in [0.15, 0.2) is 72.8 Å². The summed E-state index contributed by atoms with van der Waals surface area (Å²) in [6.07, 6.45) is 7.66. The van der Waals surface area contributed by atoms with E-state index in [-0.39, 0.29) is 11.3 Å². The van der Waals surface area contributed by atoms with Crippen LogP contribution in [0.2, 0.25) is 0 Å². The monoisotopic (exact) mass is 479 g/mol. The number of hydrazine groups is 1. The van der Waals surface area contributed by atoms with Crippen molar-refractivity contribution in [1.82, 2.24) is 15.0 Å². The lowest BCUT2D eigenvalue weighted by Crippen LogP contribution is -2.49. The highest BCUT2D eigenvalue weighted by Gasteiger charge is 2.52. The van der Waals surface area contributed by atoms with Gasteiger partial charge in [-0.2, -0.15) is 0 Å². The van der Waals surface area contributed by atoms with Crippen LogP contribution in [0.3, 0.4) is 0 Å². The molecule has 3 aromatic rings. The summed E-state index contributed by atoms with van der Waals surface area (Å²) in [6, 6.07) is 26.8. The molecule has 0 N–H and O–H groups in total. The van der Waals surface area contributed by atoms with Crippen molar-refractivity contribution in [3.8, 4) is 0 Å². The Morgan fingerprint density at radius 3 is 2.47 bits per heavy atom. The largest absolute Gasteiger partial charge is 0.303 e. The molecule has 2 saturated heterocycles. The molecule has 4 atom stereocenters. The Morgan fingerprint density at radius 1 is 1.00 bits per heavy atom. The third-order valence-electron chi connectivity index (χ3n) is 9.11. The quantitative estimate of drug-likeness (QED) is 0.428. The maximum atomic E-state index is 12.6. The van der Waals surface area contributed by atoms with E-state index in [2.05, 4.69) is 89.7 Å². The van der Waals surface area contributed by atoms with Gasteiger partial charge in [-0.3, -0.25) is 4.98 Å². The maximum absolute atomic E-state index is 12.6. The molecule has 3 aliphatic rings. The van der Waals surface area contributed by atoms with E-state index in [1.807, 2.05) is 0 Å². The summed E-state index contributed by atoms with van der Waals surface area (Å²) in [5.74, 6) is 0.562. The summed E-state index contributed by atoms with van der Waals surface area (Å²) in [4.78, 5) is 17.6. The number of carbonyl (C=O) groups is 1. The van der Waals surface area contributed by atoms with Crippen LogP contribution in [0.4, 0.5) is 0 Å². The van der Waals surface area contributed by atoms with E-state index in [0.717, 1.165) is 63.9 Å². The molecule has 2 aromatic carbocycles. The predicted molar refractivity (Wildman–Crippen MR) is 144 cm³/mol. The molecule has 4 heteroatoms. The summed E-state index contributed by atoms with van der Waals surface area (Å²) < 4.78 is 0. The molecule has 2 fully saturated rings. The first-order chi connectivity index (χ1) is 17.7. The first-order valence-corrected chi connectivity index (χ1v) is 13.8. The Bertz CT molecular complexity index is 1200. The van der Waals surface area contributed by atoms with Crippen LogP contribution in [0.1, 0.15) is 72.6 Å². The number of aryl methyl sites for hydroxylation is 2. The van der Waals surface area contributed by atoms with Gasteiger partial charge in [-0.25, -0.2) is 10.0 Å². The molecule has 3 heterocycles. The number of rotatable bonds is 5. The van der Waals surface area contributed by atoms with Gasteiger partial charge >= 0.3 is 0 Å². The second kappa shape index (κ2) is 9.91. The molecule has 0 unspecified atom stereocenters. The molecule has 4 nitrogen and oxygen atoms in total. The van der Waals surface area contributed by atoms with Crippen molar-refractivity contribution in [2.75, 3.05) is 19.6 Å². The highest BCUT2D eigenvalue weighted by Crippen LogP contribution is 2.49. The topological polar surface area (TPSA) is 36.4 Å². The van der Waals surface area contributed by atoms with Crippen molar-refractivity contribution in [3.63, 3.8) is 0 Å². The average molecular weight is 480 g/mol. The number of nitrogens with zero attached hydrogens (tertiary/aromatic N) is 3. The van der Waals surface area contributed by atoms with Crippen LogP contribution in [-0.2, 0) is 23.1 Å². The van der Waals surface area contributed by atoms with Crippen LogP contribution in [0.5, 0.6) is 0 Å². The lowest BCUT2D eigenvalue weighted by Gasteiger charge is -2.45. The molecule has 0 radical (unpaired) electrons. The van der Waals surface area contributed by atoms with Gasteiger partial charge in [0.25, 0.3) is 0 Å². The van der Waals surface area contributed by atoms with Crippen molar-refractivity contribution in [2.24, 2.45) is 5.92 Å². The zero-order valence-electron chi connectivity index (χ0n) is 21.4. The lowest BCUT2D eigenvalue weighted by atomic mass is 9.66. The maximum Gasteiger partial charge on any atom is 0.125 e. The molecule has 36 heavy (non-hydrogen) atoms. The molecular weight excluding hydrogens is 442 g/mol. The number of pyridine rings is 1. The van der Waals surface area contributed by atoms with Gasteiger partial charge in [0, 0.05) is 42.4 Å². The molecule has 0 amide bonds. The zero-order valence-corrected chi connectivity index (χ0v) is 21.4. The molecule has 1 spiro atoms. The summed E-state index contributed by atoms with van der Waals surface area (Å²) in [6.45, 7) is 4.90. The van der Waals surface area contributed by atoms with Crippen molar-refractivity contribution >= 4 is 6.29 Å². The standard InChI is InChI=1S/C32H37N3O/c1-2-28-15-16-29-30(33-28)14-9-18-32(29)23-34(21-27(32)22-36)35-19-17-26(24-10-5-3-6-11-24)20-31(35)25-12-7-4-8-13-25/h3-8,10-13,15-16,22,26-27,31H,2,9,14,17-21,23H2,1H3/t26-,27-,31+,32+/m0/s1. The Kier molecular flexibility index (Phi) is 6.49. The zero-order chi connectivity index (χ0) is 24.5. The fraction of sp³-hybridized carbons (Fsp3) is 0.438. The van der Waals surface area contributed by atoms with Crippen molar-refractivity contribution in [2.45, 2.75) is 62.8 Å². The van der Waals surface area contributed by atoms with E-state index in [1.54, 1.807) is 0 Å². The van der Waals surface area contributed by atoms with E-state index >= 15 is 0 Å². The summed E-state index contributed by atoms with van der Waals surface area (Å²) in [5, 5.41) is 5.16. The van der Waals surface area contributed by atoms with Crippen molar-refractivity contribution < 1.29 is 4.79 Å². The lowest BCUT2D eigenvalue weighted by molar-refractivity contribution is -0.113. The number of hydrogen-bond donors (Lipinski definition) is 0. The van der Waals surface area contributed by atoms with Gasteiger partial charge in [-0.15, -0.1) is 0 Å². The smallest absolute Gasteiger partial charge is 0.125 e. The van der Waals surface area contributed by atoms with Gasteiger partial charge in [-0.1, -0.05) is 73.7 Å². The van der Waals surface area contributed by atoms with E-state index in [9.17, 15) is 4.79 Å². The van der Waals surface area contributed by atoms with Gasteiger partial charge < -0.3 is 4.79 Å². The minimum atomic E-state index is -0.119. The Hall–Kier alpha value is -2.82. The fourth-order valence-corrected chi connectivity index (χ4v) is 7.22. The van der Waals surface area contributed by atoms with Crippen LogP contribution in [0.25, 0.3) is 0 Å². The van der Waals surface area contributed by atoms with Gasteiger partial charge in [0.1, 0.15) is 6.29 Å². The summed E-state index contributed by atoms with van der Waals surface area (Å²) >= 11 is 0. The first kappa shape index (κ1) is 23.6. The number of aromatic nitrogens is 1. The summed E-state index contributed by atoms with van der Waals surface area (Å²) in [7, 11) is 0. The molecule has 2 aliphatic heterocycles. The minimum absolute atomic E-state index is 0.00842. The molecule has 1 aliphatic carbocycles. The normalized spacial score (nSPS) is 28.8. The van der Waals surface area contributed by atoms with E-state index in [0.29, 0.717) is 12.0 Å². The highest BCUT2D eigenvalue weighted by molar-refractivity contribution is 5.60. The number of hydrogen-bond acceptors (Lipinski definition) is 4. The molecular formula is C32H37N3O. The average Bonchev–Trinajstić information content (AvgIpc) is 3.32. The van der Waals surface area contributed by atoms with Crippen molar-refractivity contribution in [3.05, 3.63) is 101 Å². The van der Waals surface area contributed by atoms with E-state index < -0.39 is 0 Å². The van der Waals surface area contributed by atoms with Gasteiger partial charge in [0.2, 0.25) is 0 Å². The van der Waals surface area contributed by atoms with Crippen molar-refractivity contribution in [1.29, 1.82) is 0 Å². The molecule has 1 aromatic heterocycles. The molecule has 186 valence electrons. The first-order valence-electron chi connectivity index (χ1n) is 13.8. The predicted octanol–water partition coefficient (Wildman–Crippen LogP) is 5.88. The van der Waals surface area contributed by atoms with E-state index in [4.69, 9.17) is 4.98 Å². The fourth-order valence-electron chi connectivity index (χ4n) is 7.22. The van der Waals surface area contributed by atoms with Gasteiger partial charge in [-0.05, 0) is 67.2 Å². The Morgan fingerprint density at radius 2 is 1.75 bits per heavy atom. The van der Waals surface area contributed by atoms with Crippen LogP contribution in [-0.4, -0.2) is 40.9 Å². The SMILES string of the molecule is CCc1ccc2c(n1)CCC[C@]21CN(N2CC[C@H](c3ccccc3)C[C@@H]2c2ccccc2)C[C@H]1C=O. The molecule has 6 rings (SSSR count). The third kappa shape index (κ3) is 4.10. The van der Waals surface area contributed by atoms with Gasteiger partial charge in [0.05, 0.1) is 6.04 Å². The third-order valence-corrected chi connectivity index (χ3v) is 9.11. The van der Waals surface area contributed by atoms with Crippen LogP contribution < -0.4 is 0 Å². The number of benzene rings is 2. The Labute approximate surface area is 215 Å². The highest BCUT2D eigenvalue weighted by atomic mass is 16.1. The second-order valence-corrected chi connectivity index (χ2v) is 11.0. The summed E-state index contributed by atoms with van der Waals surface area (Å²) in [5.41, 5.74) is 6.43. The van der Waals surface area contributed by atoms with Crippen LogP contribution >= 0.6 is 0 Å². The van der Waals surface area contributed by atoms with Crippen LogP contribution in [0, 0.1) is 5.92 Å². The number of aldehydes is 1. The Balaban J connectivity index is 1.33.